The smallest absolute Gasteiger partial charge is 0.337 e. The molecule has 0 saturated heterocycles. The van der Waals surface area contributed by atoms with E-state index in [0.29, 0.717) is 0 Å². The van der Waals surface area contributed by atoms with Gasteiger partial charge in [-0.2, -0.15) is 0 Å². The molecular formula is C15H13NO5. The van der Waals surface area contributed by atoms with Crippen molar-refractivity contribution in [3.05, 3.63) is 53.1 Å². The van der Waals surface area contributed by atoms with Gasteiger partial charge in [-0.1, -0.05) is 11.6 Å². The van der Waals surface area contributed by atoms with Gasteiger partial charge in [-0.3, -0.25) is 4.79 Å². The molecule has 0 unspecified atom stereocenters. The largest absolute Gasteiger partial charge is 0.508 e. The van der Waals surface area contributed by atoms with Crippen molar-refractivity contribution in [3.8, 4) is 11.5 Å². The lowest BCUT2D eigenvalue weighted by molar-refractivity contribution is 0.0697. The second kappa shape index (κ2) is 5.54. The summed E-state index contributed by atoms with van der Waals surface area (Å²) < 4.78 is 0. The summed E-state index contributed by atoms with van der Waals surface area (Å²) in [6, 6.07) is 8.11. The van der Waals surface area contributed by atoms with Crippen LogP contribution in [0, 0.1) is 6.92 Å². The van der Waals surface area contributed by atoms with Crippen molar-refractivity contribution in [1.29, 1.82) is 0 Å². The van der Waals surface area contributed by atoms with Gasteiger partial charge in [-0.05, 0) is 37.3 Å². The van der Waals surface area contributed by atoms with Crippen molar-refractivity contribution < 1.29 is 24.9 Å². The van der Waals surface area contributed by atoms with Gasteiger partial charge in [0.15, 0.2) is 0 Å². The van der Waals surface area contributed by atoms with Crippen LogP contribution in [-0.2, 0) is 0 Å². The maximum Gasteiger partial charge on any atom is 0.337 e. The molecule has 0 saturated carbocycles. The van der Waals surface area contributed by atoms with E-state index in [1.807, 2.05) is 0 Å². The molecule has 1 amide bonds. The molecule has 6 nitrogen and oxygen atoms in total. The zero-order valence-corrected chi connectivity index (χ0v) is 11.1. The lowest BCUT2D eigenvalue weighted by Crippen LogP contribution is -2.15. The van der Waals surface area contributed by atoms with E-state index in [9.17, 15) is 19.8 Å². The fourth-order valence-electron chi connectivity index (χ4n) is 1.84. The molecule has 0 aromatic heterocycles. The van der Waals surface area contributed by atoms with Gasteiger partial charge < -0.3 is 20.6 Å². The van der Waals surface area contributed by atoms with E-state index in [0.717, 1.165) is 11.6 Å². The molecule has 0 aliphatic carbocycles. The predicted molar refractivity (Wildman–Crippen MR) is 75.9 cm³/mol. The number of aryl methyl sites for hydroxylation is 1. The van der Waals surface area contributed by atoms with Gasteiger partial charge in [0.1, 0.15) is 11.5 Å². The SMILES string of the molecule is Cc1ccc(O)c(C(=O)Nc2ccc(O)cc2C(=O)O)c1. The fourth-order valence-corrected chi connectivity index (χ4v) is 1.84. The number of rotatable bonds is 3. The number of phenols is 2. The van der Waals surface area contributed by atoms with Gasteiger partial charge in [0.2, 0.25) is 0 Å². The van der Waals surface area contributed by atoms with Gasteiger partial charge in [0.05, 0.1) is 16.8 Å². The van der Waals surface area contributed by atoms with Crippen LogP contribution in [-0.4, -0.2) is 27.2 Å². The molecule has 0 atom stereocenters. The second-order valence-corrected chi connectivity index (χ2v) is 4.51. The predicted octanol–water partition coefficient (Wildman–Crippen LogP) is 2.36. The van der Waals surface area contributed by atoms with Gasteiger partial charge in [-0.15, -0.1) is 0 Å². The highest BCUT2D eigenvalue weighted by Gasteiger charge is 2.16. The molecule has 21 heavy (non-hydrogen) atoms. The van der Waals surface area contributed by atoms with E-state index in [1.165, 1.54) is 24.3 Å². The molecular weight excluding hydrogens is 274 g/mol. The summed E-state index contributed by atoms with van der Waals surface area (Å²) in [5.74, 6) is -2.34. The first-order chi connectivity index (χ1) is 9.88. The number of carbonyl (C=O) groups is 2. The number of anilines is 1. The summed E-state index contributed by atoms with van der Waals surface area (Å²) in [6.45, 7) is 1.76. The summed E-state index contributed by atoms with van der Waals surface area (Å²) in [4.78, 5) is 23.2. The van der Waals surface area contributed by atoms with E-state index < -0.39 is 11.9 Å². The van der Waals surface area contributed by atoms with Crippen molar-refractivity contribution in [2.24, 2.45) is 0 Å². The Balaban J connectivity index is 2.36. The maximum absolute atomic E-state index is 12.1. The number of aromatic carboxylic acids is 1. The fraction of sp³-hybridized carbons (Fsp3) is 0.0667. The molecule has 4 N–H and O–H groups in total. The standard InChI is InChI=1S/C15H13NO5/c1-8-2-5-13(18)11(6-8)14(19)16-12-4-3-9(17)7-10(12)15(20)21/h2-7,17-18H,1H3,(H,16,19)(H,20,21). The van der Waals surface area contributed by atoms with Crippen molar-refractivity contribution in [3.63, 3.8) is 0 Å². The summed E-state index contributed by atoms with van der Waals surface area (Å²) in [7, 11) is 0. The minimum atomic E-state index is -1.28. The first kappa shape index (κ1) is 14.4. The number of hydrogen-bond donors (Lipinski definition) is 4. The topological polar surface area (TPSA) is 107 Å². The van der Waals surface area contributed by atoms with E-state index in [-0.39, 0.29) is 28.3 Å². The van der Waals surface area contributed by atoms with Gasteiger partial charge in [0.25, 0.3) is 5.91 Å². The first-order valence-corrected chi connectivity index (χ1v) is 6.06. The molecule has 0 radical (unpaired) electrons. The van der Waals surface area contributed by atoms with Crippen LogP contribution in [0.2, 0.25) is 0 Å². The average Bonchev–Trinajstić information content (AvgIpc) is 2.43. The number of amides is 1. The summed E-state index contributed by atoms with van der Waals surface area (Å²) in [5.41, 5.74) is 0.614. The lowest BCUT2D eigenvalue weighted by atomic mass is 10.1. The molecule has 6 heteroatoms. The van der Waals surface area contributed by atoms with E-state index >= 15 is 0 Å². The normalized spacial score (nSPS) is 10.1. The highest BCUT2D eigenvalue weighted by Crippen LogP contribution is 2.24. The van der Waals surface area contributed by atoms with Crippen LogP contribution in [0.15, 0.2) is 36.4 Å². The van der Waals surface area contributed by atoms with Crippen LogP contribution in [0.4, 0.5) is 5.69 Å². The van der Waals surface area contributed by atoms with Gasteiger partial charge in [0, 0.05) is 0 Å². The monoisotopic (exact) mass is 287 g/mol. The number of aromatic hydroxyl groups is 2. The van der Waals surface area contributed by atoms with E-state index in [4.69, 9.17) is 5.11 Å². The highest BCUT2D eigenvalue weighted by molar-refractivity contribution is 6.09. The van der Waals surface area contributed by atoms with Crippen LogP contribution < -0.4 is 5.32 Å². The second-order valence-electron chi connectivity index (χ2n) is 4.51. The molecule has 0 fully saturated rings. The Morgan fingerprint density at radius 3 is 2.38 bits per heavy atom. The van der Waals surface area contributed by atoms with Gasteiger partial charge >= 0.3 is 5.97 Å². The zero-order valence-electron chi connectivity index (χ0n) is 11.1. The van der Waals surface area contributed by atoms with Crippen LogP contribution >= 0.6 is 0 Å². The van der Waals surface area contributed by atoms with Crippen molar-refractivity contribution >= 4 is 17.6 Å². The van der Waals surface area contributed by atoms with Crippen LogP contribution in [0.25, 0.3) is 0 Å². The van der Waals surface area contributed by atoms with Crippen molar-refractivity contribution in [2.45, 2.75) is 6.92 Å². The zero-order chi connectivity index (χ0) is 15.6. The minimum Gasteiger partial charge on any atom is -0.508 e. The molecule has 0 aliphatic rings. The number of nitrogens with one attached hydrogen (secondary N) is 1. The Morgan fingerprint density at radius 1 is 1.00 bits per heavy atom. The third-order valence-electron chi connectivity index (χ3n) is 2.88. The van der Waals surface area contributed by atoms with Crippen molar-refractivity contribution in [1.82, 2.24) is 0 Å². The Bertz CT molecular complexity index is 724. The molecule has 2 rings (SSSR count). The van der Waals surface area contributed by atoms with Crippen LogP contribution in [0.1, 0.15) is 26.3 Å². The Morgan fingerprint density at radius 2 is 1.71 bits per heavy atom. The summed E-state index contributed by atoms with van der Waals surface area (Å²) in [6.07, 6.45) is 0. The Hall–Kier alpha value is -3.02. The third-order valence-corrected chi connectivity index (χ3v) is 2.88. The molecule has 0 spiro atoms. The average molecular weight is 287 g/mol. The molecule has 2 aromatic carbocycles. The van der Waals surface area contributed by atoms with Crippen molar-refractivity contribution in [2.75, 3.05) is 5.32 Å². The highest BCUT2D eigenvalue weighted by atomic mass is 16.4. The Kier molecular flexibility index (Phi) is 3.80. The maximum atomic E-state index is 12.1. The number of carboxylic acid groups (broad SMARTS) is 1. The van der Waals surface area contributed by atoms with Crippen LogP contribution in [0.3, 0.4) is 0 Å². The number of carbonyl (C=O) groups excluding carboxylic acids is 1. The number of carboxylic acids is 1. The van der Waals surface area contributed by atoms with E-state index in [1.54, 1.807) is 13.0 Å². The minimum absolute atomic E-state index is 0.0335. The molecule has 0 heterocycles. The Labute approximate surface area is 120 Å². The van der Waals surface area contributed by atoms with Gasteiger partial charge in [-0.25, -0.2) is 4.79 Å². The first-order valence-electron chi connectivity index (χ1n) is 6.06. The lowest BCUT2D eigenvalue weighted by Gasteiger charge is -2.10. The molecule has 0 bridgehead atoms. The summed E-state index contributed by atoms with van der Waals surface area (Å²) in [5, 5.41) is 30.5. The molecule has 2 aromatic rings. The molecule has 108 valence electrons. The number of benzene rings is 2. The number of hydrogen-bond acceptors (Lipinski definition) is 4. The molecule has 0 aliphatic heterocycles. The van der Waals surface area contributed by atoms with Crippen LogP contribution in [0.5, 0.6) is 11.5 Å². The van der Waals surface area contributed by atoms with E-state index in [2.05, 4.69) is 5.32 Å². The quantitative estimate of drug-likeness (QED) is 0.648. The number of phenolic OH excluding ortho intramolecular Hbond substituents is 2. The summed E-state index contributed by atoms with van der Waals surface area (Å²) >= 11 is 0. The third kappa shape index (κ3) is 3.11.